The Hall–Kier alpha value is -2.44. The molecule has 5 rings (SSSR count). The lowest BCUT2D eigenvalue weighted by Crippen LogP contribution is -2.32. The summed E-state index contributed by atoms with van der Waals surface area (Å²) in [5.41, 5.74) is 4.28. The molecule has 6 nitrogen and oxygen atoms in total. The van der Waals surface area contributed by atoms with Gasteiger partial charge in [0.15, 0.2) is 0 Å². The molecule has 3 aliphatic rings. The number of hydrogen-bond acceptors (Lipinski definition) is 5. The lowest BCUT2D eigenvalue weighted by molar-refractivity contribution is -0.130. The first-order valence-electron chi connectivity index (χ1n) is 11.8. The van der Waals surface area contributed by atoms with Crippen LogP contribution < -0.4 is 4.74 Å². The minimum Gasteiger partial charge on any atom is -0.493 e. The van der Waals surface area contributed by atoms with Crippen LogP contribution in [0.2, 0.25) is 0 Å². The molecule has 0 radical (unpaired) electrons. The van der Waals surface area contributed by atoms with E-state index in [4.69, 9.17) is 14.2 Å². The van der Waals surface area contributed by atoms with Crippen molar-refractivity contribution < 1.29 is 19.0 Å². The van der Waals surface area contributed by atoms with Gasteiger partial charge in [0.2, 0.25) is 5.91 Å². The van der Waals surface area contributed by atoms with Gasteiger partial charge in [0.25, 0.3) is 0 Å². The van der Waals surface area contributed by atoms with E-state index in [2.05, 4.69) is 11.1 Å². The van der Waals surface area contributed by atoms with Crippen molar-refractivity contribution in [1.29, 1.82) is 0 Å². The van der Waals surface area contributed by atoms with Crippen LogP contribution in [0.15, 0.2) is 36.4 Å². The Morgan fingerprint density at radius 1 is 1.25 bits per heavy atom. The Labute approximate surface area is 189 Å². The highest BCUT2D eigenvalue weighted by Crippen LogP contribution is 2.36. The summed E-state index contributed by atoms with van der Waals surface area (Å²) in [6, 6.07) is 12.2. The normalized spacial score (nSPS) is 24.2. The monoisotopic (exact) mass is 436 g/mol. The standard InChI is InChI=1S/C26H32N2O4/c1-18-4-2-6-22(27-18)17-30-11-9-21-16-32-25-15-28(14-23(21)25)26(29)13-19-7-8-24-20(12-19)5-3-10-31-24/h2,4,6-8,12,21,23,25H,3,5,9-11,13-17H2,1H3/t21-,23-,25-/m0/s1. The molecule has 170 valence electrons. The average molecular weight is 437 g/mol. The number of hydrogen-bond donors (Lipinski definition) is 0. The third kappa shape index (κ3) is 4.81. The summed E-state index contributed by atoms with van der Waals surface area (Å²) >= 11 is 0. The molecule has 4 heterocycles. The molecule has 0 bridgehead atoms. The molecule has 2 saturated heterocycles. The molecule has 1 aromatic carbocycles. The van der Waals surface area contributed by atoms with E-state index in [-0.39, 0.29) is 12.0 Å². The van der Waals surface area contributed by atoms with Crippen LogP contribution in [-0.2, 0) is 33.7 Å². The molecule has 0 N–H and O–H groups in total. The molecule has 3 atom stereocenters. The van der Waals surface area contributed by atoms with Crippen molar-refractivity contribution in [3.63, 3.8) is 0 Å². The number of carbonyl (C=O) groups excluding carboxylic acids is 1. The molecular formula is C26H32N2O4. The van der Waals surface area contributed by atoms with Crippen LogP contribution in [0.1, 0.15) is 35.4 Å². The van der Waals surface area contributed by atoms with Crippen molar-refractivity contribution in [3.05, 3.63) is 58.9 Å². The molecule has 3 aliphatic heterocycles. The van der Waals surface area contributed by atoms with Crippen molar-refractivity contribution in [2.45, 2.75) is 45.3 Å². The highest BCUT2D eigenvalue weighted by Gasteiger charge is 2.44. The van der Waals surface area contributed by atoms with E-state index in [1.54, 1.807) is 0 Å². The van der Waals surface area contributed by atoms with Gasteiger partial charge in [-0.2, -0.15) is 0 Å². The molecule has 0 unspecified atom stereocenters. The van der Waals surface area contributed by atoms with Crippen LogP contribution in [0.4, 0.5) is 0 Å². The van der Waals surface area contributed by atoms with Gasteiger partial charge in [0.05, 0.1) is 38.0 Å². The smallest absolute Gasteiger partial charge is 0.227 e. The van der Waals surface area contributed by atoms with Gasteiger partial charge < -0.3 is 19.1 Å². The molecule has 0 saturated carbocycles. The number of ether oxygens (including phenoxy) is 3. The summed E-state index contributed by atoms with van der Waals surface area (Å²) in [5, 5.41) is 0. The summed E-state index contributed by atoms with van der Waals surface area (Å²) in [6.07, 6.45) is 3.65. The van der Waals surface area contributed by atoms with E-state index in [1.165, 1.54) is 5.56 Å². The van der Waals surface area contributed by atoms with Crippen molar-refractivity contribution >= 4 is 5.91 Å². The van der Waals surface area contributed by atoms with Gasteiger partial charge in [-0.25, -0.2) is 0 Å². The molecule has 2 fully saturated rings. The lowest BCUT2D eigenvalue weighted by Gasteiger charge is -2.21. The maximum Gasteiger partial charge on any atom is 0.227 e. The molecule has 32 heavy (non-hydrogen) atoms. The van der Waals surface area contributed by atoms with Gasteiger partial charge in [0, 0.05) is 31.3 Å². The van der Waals surface area contributed by atoms with Gasteiger partial charge in [0.1, 0.15) is 5.75 Å². The Kier molecular flexibility index (Phi) is 6.42. The van der Waals surface area contributed by atoms with Crippen LogP contribution in [0, 0.1) is 18.8 Å². The summed E-state index contributed by atoms with van der Waals surface area (Å²) in [5.74, 6) is 2.03. The highest BCUT2D eigenvalue weighted by molar-refractivity contribution is 5.79. The van der Waals surface area contributed by atoms with Crippen molar-refractivity contribution in [3.8, 4) is 5.75 Å². The maximum atomic E-state index is 13.0. The number of fused-ring (bicyclic) bond motifs is 2. The third-order valence-electron chi connectivity index (χ3n) is 6.95. The van der Waals surface area contributed by atoms with Gasteiger partial charge in [-0.15, -0.1) is 0 Å². The molecule has 0 aliphatic carbocycles. The van der Waals surface area contributed by atoms with E-state index in [9.17, 15) is 4.79 Å². The fraction of sp³-hybridized carbons (Fsp3) is 0.538. The highest BCUT2D eigenvalue weighted by atomic mass is 16.5. The number of nitrogens with zero attached hydrogens (tertiary/aromatic N) is 2. The summed E-state index contributed by atoms with van der Waals surface area (Å²) < 4.78 is 17.6. The van der Waals surface area contributed by atoms with Crippen LogP contribution in [-0.4, -0.2) is 54.8 Å². The topological polar surface area (TPSA) is 60.9 Å². The van der Waals surface area contributed by atoms with Gasteiger partial charge in [-0.3, -0.25) is 9.78 Å². The van der Waals surface area contributed by atoms with E-state index >= 15 is 0 Å². The number of carbonyl (C=O) groups is 1. The summed E-state index contributed by atoms with van der Waals surface area (Å²) in [4.78, 5) is 19.5. The Morgan fingerprint density at radius 2 is 2.19 bits per heavy atom. The first kappa shape index (κ1) is 21.4. The molecule has 0 spiro atoms. The zero-order valence-corrected chi connectivity index (χ0v) is 18.8. The number of rotatable bonds is 7. The predicted octanol–water partition coefficient (Wildman–Crippen LogP) is 3.34. The maximum absolute atomic E-state index is 13.0. The van der Waals surface area contributed by atoms with Crippen LogP contribution in [0.3, 0.4) is 0 Å². The van der Waals surface area contributed by atoms with Gasteiger partial charge in [-0.1, -0.05) is 18.2 Å². The predicted molar refractivity (Wildman–Crippen MR) is 121 cm³/mol. The Bertz CT molecular complexity index is 963. The zero-order chi connectivity index (χ0) is 21.9. The number of benzene rings is 1. The fourth-order valence-corrected chi connectivity index (χ4v) is 5.20. The van der Waals surface area contributed by atoms with Crippen LogP contribution in [0.25, 0.3) is 0 Å². The fourth-order valence-electron chi connectivity index (χ4n) is 5.20. The minimum atomic E-state index is 0.166. The molecular weight excluding hydrogens is 404 g/mol. The zero-order valence-electron chi connectivity index (χ0n) is 18.8. The molecule has 1 aromatic heterocycles. The average Bonchev–Trinajstić information content (AvgIpc) is 3.38. The Balaban J connectivity index is 1.10. The van der Waals surface area contributed by atoms with Crippen molar-refractivity contribution in [2.75, 3.05) is 32.9 Å². The number of pyridine rings is 1. The first-order chi connectivity index (χ1) is 15.7. The van der Waals surface area contributed by atoms with E-state index in [0.717, 1.165) is 61.7 Å². The number of likely N-dealkylation sites (tertiary alicyclic amines) is 1. The molecule has 2 aromatic rings. The molecule has 6 heteroatoms. The minimum absolute atomic E-state index is 0.166. The lowest BCUT2D eigenvalue weighted by atomic mass is 9.91. The second kappa shape index (κ2) is 9.59. The van der Waals surface area contributed by atoms with Crippen LogP contribution in [0.5, 0.6) is 5.75 Å². The van der Waals surface area contributed by atoms with Gasteiger partial charge in [-0.05, 0) is 61.4 Å². The SMILES string of the molecule is Cc1cccc(COCC[C@H]2CO[C@H]3CN(C(=O)Cc4ccc5c(c4)CCCO5)C[C@@H]23)n1. The summed E-state index contributed by atoms with van der Waals surface area (Å²) in [7, 11) is 0. The molecule has 1 amide bonds. The van der Waals surface area contributed by atoms with E-state index in [1.807, 2.05) is 42.2 Å². The Morgan fingerprint density at radius 3 is 3.09 bits per heavy atom. The number of amides is 1. The third-order valence-corrected chi connectivity index (χ3v) is 6.95. The number of aryl methyl sites for hydroxylation is 2. The largest absolute Gasteiger partial charge is 0.493 e. The van der Waals surface area contributed by atoms with E-state index < -0.39 is 0 Å². The second-order valence-corrected chi connectivity index (χ2v) is 9.28. The first-order valence-corrected chi connectivity index (χ1v) is 11.8. The van der Waals surface area contributed by atoms with E-state index in [0.29, 0.717) is 38.0 Å². The van der Waals surface area contributed by atoms with Gasteiger partial charge >= 0.3 is 0 Å². The van der Waals surface area contributed by atoms with Crippen molar-refractivity contribution in [2.24, 2.45) is 11.8 Å². The second-order valence-electron chi connectivity index (χ2n) is 9.28. The number of aromatic nitrogens is 1. The van der Waals surface area contributed by atoms with Crippen molar-refractivity contribution in [1.82, 2.24) is 9.88 Å². The quantitative estimate of drug-likeness (QED) is 0.623. The summed E-state index contributed by atoms with van der Waals surface area (Å²) in [6.45, 7) is 6.29. The van der Waals surface area contributed by atoms with Crippen LogP contribution >= 0.6 is 0 Å².